The lowest BCUT2D eigenvalue weighted by atomic mass is 9.91. The molecule has 2 aromatic rings. The number of para-hydroxylation sites is 1. The van der Waals surface area contributed by atoms with E-state index in [0.29, 0.717) is 13.0 Å². The Bertz CT molecular complexity index is 862. The molecule has 26 heavy (non-hydrogen) atoms. The van der Waals surface area contributed by atoms with Gasteiger partial charge in [-0.1, -0.05) is 18.2 Å². The van der Waals surface area contributed by atoms with Crippen molar-refractivity contribution in [2.75, 3.05) is 6.54 Å². The number of nitrogens with one attached hydrogen (secondary N) is 2. The molecule has 0 spiro atoms. The van der Waals surface area contributed by atoms with Crippen LogP contribution >= 0.6 is 0 Å². The highest BCUT2D eigenvalue weighted by molar-refractivity contribution is 5.90. The molecule has 5 nitrogen and oxygen atoms in total. The third-order valence-electron chi connectivity index (χ3n) is 5.75. The second kappa shape index (κ2) is 6.15. The Labute approximate surface area is 154 Å². The normalized spacial score (nSPS) is 23.3. The molecule has 0 bridgehead atoms. The fourth-order valence-corrected chi connectivity index (χ4v) is 4.36. The number of nitrogens with zero attached hydrogens (tertiary/aromatic N) is 1. The predicted octanol–water partition coefficient (Wildman–Crippen LogP) is 2.79. The van der Waals surface area contributed by atoms with Crippen LogP contribution in [-0.2, 0) is 22.4 Å². The molecule has 138 valence electrons. The summed E-state index contributed by atoms with van der Waals surface area (Å²) in [7, 11) is 0. The number of amides is 2. The highest BCUT2D eigenvalue weighted by atomic mass is 16.2. The number of H-pyrrole nitrogens is 1. The van der Waals surface area contributed by atoms with Crippen LogP contribution in [0.1, 0.15) is 44.9 Å². The number of hydrogen-bond acceptors (Lipinski definition) is 2. The van der Waals surface area contributed by atoms with E-state index in [0.717, 1.165) is 19.3 Å². The van der Waals surface area contributed by atoms with Gasteiger partial charge in [0.2, 0.25) is 11.8 Å². The van der Waals surface area contributed by atoms with Gasteiger partial charge in [-0.3, -0.25) is 9.59 Å². The van der Waals surface area contributed by atoms with Gasteiger partial charge in [0.1, 0.15) is 0 Å². The highest BCUT2D eigenvalue weighted by Gasteiger charge is 2.40. The van der Waals surface area contributed by atoms with Gasteiger partial charge in [0.15, 0.2) is 0 Å². The van der Waals surface area contributed by atoms with Gasteiger partial charge in [0.05, 0.1) is 5.92 Å². The maximum Gasteiger partial charge on any atom is 0.225 e. The molecule has 2 amide bonds. The maximum atomic E-state index is 12.7. The number of benzene rings is 1. The van der Waals surface area contributed by atoms with Crippen LogP contribution in [0.15, 0.2) is 24.3 Å². The van der Waals surface area contributed by atoms with Gasteiger partial charge in [-0.25, -0.2) is 0 Å². The van der Waals surface area contributed by atoms with Crippen LogP contribution in [0.25, 0.3) is 10.9 Å². The van der Waals surface area contributed by atoms with Crippen LogP contribution in [0.2, 0.25) is 0 Å². The van der Waals surface area contributed by atoms with Gasteiger partial charge < -0.3 is 15.2 Å². The fourth-order valence-electron chi connectivity index (χ4n) is 4.36. The summed E-state index contributed by atoms with van der Waals surface area (Å²) >= 11 is 0. The standard InChI is InChI=1S/C21H27N3O2/c1-21(2,3)24-12-13(10-19(24)25)20(26)22-14-8-9-16-15-6-4-5-7-17(15)23-18(16)11-14/h4-7,13-14,23H,8-12H2,1-3H3,(H,22,26). The van der Waals surface area contributed by atoms with Crippen LogP contribution in [0.4, 0.5) is 0 Å². The van der Waals surface area contributed by atoms with Crippen molar-refractivity contribution in [1.29, 1.82) is 0 Å². The summed E-state index contributed by atoms with van der Waals surface area (Å²) in [6.45, 7) is 6.58. The van der Waals surface area contributed by atoms with Gasteiger partial charge in [0.25, 0.3) is 0 Å². The summed E-state index contributed by atoms with van der Waals surface area (Å²) in [4.78, 5) is 30.3. The number of likely N-dealkylation sites (tertiary alicyclic amines) is 1. The summed E-state index contributed by atoms with van der Waals surface area (Å²) in [5.41, 5.74) is 3.57. The molecule has 2 atom stereocenters. The first-order valence-corrected chi connectivity index (χ1v) is 9.52. The average molecular weight is 353 g/mol. The summed E-state index contributed by atoms with van der Waals surface area (Å²) in [6.07, 6.45) is 3.08. The number of fused-ring (bicyclic) bond motifs is 3. The van der Waals surface area contributed by atoms with Crippen molar-refractivity contribution in [1.82, 2.24) is 15.2 Å². The second-order valence-corrected chi connectivity index (χ2v) is 8.65. The van der Waals surface area contributed by atoms with E-state index in [4.69, 9.17) is 0 Å². The van der Waals surface area contributed by atoms with E-state index in [1.54, 1.807) is 0 Å². The first-order valence-electron chi connectivity index (χ1n) is 9.52. The zero-order chi connectivity index (χ0) is 18.5. The average Bonchev–Trinajstić information content (AvgIpc) is 3.14. The number of aromatic nitrogens is 1. The van der Waals surface area contributed by atoms with Gasteiger partial charge in [-0.05, 0) is 45.2 Å². The maximum absolute atomic E-state index is 12.7. The summed E-state index contributed by atoms with van der Waals surface area (Å²) in [6, 6.07) is 8.52. The van der Waals surface area contributed by atoms with Crippen LogP contribution in [0, 0.1) is 5.92 Å². The Morgan fingerprint density at radius 2 is 2.00 bits per heavy atom. The topological polar surface area (TPSA) is 65.2 Å². The van der Waals surface area contributed by atoms with Gasteiger partial charge >= 0.3 is 0 Å². The van der Waals surface area contributed by atoms with Crippen molar-refractivity contribution in [3.8, 4) is 0 Å². The molecule has 2 aliphatic rings. The SMILES string of the molecule is CC(C)(C)N1CC(C(=O)NC2CCc3c([nH]c4ccccc34)C2)CC1=O. The Balaban J connectivity index is 1.43. The zero-order valence-corrected chi connectivity index (χ0v) is 15.8. The lowest BCUT2D eigenvalue weighted by Gasteiger charge is -2.32. The predicted molar refractivity (Wildman–Crippen MR) is 102 cm³/mol. The van der Waals surface area contributed by atoms with Gasteiger partial charge in [-0.2, -0.15) is 0 Å². The lowest BCUT2D eigenvalue weighted by molar-refractivity contribution is -0.132. The van der Waals surface area contributed by atoms with Crippen molar-refractivity contribution in [3.05, 3.63) is 35.5 Å². The lowest BCUT2D eigenvalue weighted by Crippen LogP contribution is -2.45. The molecule has 1 aromatic heterocycles. The number of carbonyl (C=O) groups is 2. The molecule has 1 aliphatic heterocycles. The first kappa shape index (κ1) is 17.1. The van der Waals surface area contributed by atoms with Gasteiger partial charge in [0, 0.05) is 47.6 Å². The quantitative estimate of drug-likeness (QED) is 0.872. The molecule has 2 unspecified atom stereocenters. The Hall–Kier alpha value is -2.30. The van der Waals surface area contributed by atoms with E-state index in [2.05, 4.69) is 28.5 Å². The minimum atomic E-state index is -0.231. The fraction of sp³-hybridized carbons (Fsp3) is 0.524. The van der Waals surface area contributed by atoms with Crippen LogP contribution < -0.4 is 5.32 Å². The molecule has 1 aliphatic carbocycles. The monoisotopic (exact) mass is 353 g/mol. The largest absolute Gasteiger partial charge is 0.358 e. The molecule has 1 fully saturated rings. The minimum Gasteiger partial charge on any atom is -0.358 e. The Kier molecular flexibility index (Phi) is 4.05. The van der Waals surface area contributed by atoms with Crippen LogP contribution in [0.5, 0.6) is 0 Å². The zero-order valence-electron chi connectivity index (χ0n) is 15.8. The van der Waals surface area contributed by atoms with Gasteiger partial charge in [-0.15, -0.1) is 0 Å². The molecule has 0 saturated carbocycles. The number of carbonyl (C=O) groups excluding carboxylic acids is 2. The van der Waals surface area contributed by atoms with E-state index in [9.17, 15) is 9.59 Å². The molecule has 4 rings (SSSR count). The molecule has 0 radical (unpaired) electrons. The molecule has 5 heteroatoms. The number of aryl methyl sites for hydroxylation is 1. The summed E-state index contributed by atoms with van der Waals surface area (Å²) in [5, 5.41) is 4.50. The highest BCUT2D eigenvalue weighted by Crippen LogP contribution is 2.30. The van der Waals surface area contributed by atoms with E-state index in [1.165, 1.54) is 22.2 Å². The third-order valence-corrected chi connectivity index (χ3v) is 5.75. The summed E-state index contributed by atoms with van der Waals surface area (Å²) < 4.78 is 0. The summed E-state index contributed by atoms with van der Waals surface area (Å²) in [5.74, 6) is -0.125. The molecule has 2 heterocycles. The van der Waals surface area contributed by atoms with E-state index in [1.807, 2.05) is 31.7 Å². The van der Waals surface area contributed by atoms with Crippen LogP contribution in [-0.4, -0.2) is 39.8 Å². The smallest absolute Gasteiger partial charge is 0.225 e. The first-order chi connectivity index (χ1) is 12.3. The van der Waals surface area contributed by atoms with Crippen molar-refractivity contribution in [3.63, 3.8) is 0 Å². The molecule has 1 aromatic carbocycles. The Morgan fingerprint density at radius 1 is 1.23 bits per heavy atom. The van der Waals surface area contributed by atoms with E-state index >= 15 is 0 Å². The number of rotatable bonds is 2. The molecule has 1 saturated heterocycles. The van der Waals surface area contributed by atoms with Crippen molar-refractivity contribution >= 4 is 22.7 Å². The number of hydrogen-bond donors (Lipinski definition) is 2. The third kappa shape index (κ3) is 3.00. The Morgan fingerprint density at radius 3 is 2.73 bits per heavy atom. The minimum absolute atomic E-state index is 0.0228. The molecule has 2 N–H and O–H groups in total. The number of aromatic amines is 1. The van der Waals surface area contributed by atoms with Crippen LogP contribution in [0.3, 0.4) is 0 Å². The van der Waals surface area contributed by atoms with Crippen molar-refractivity contribution in [2.45, 2.75) is 58.0 Å². The second-order valence-electron chi connectivity index (χ2n) is 8.65. The molecular weight excluding hydrogens is 326 g/mol. The van der Waals surface area contributed by atoms with Crippen molar-refractivity contribution in [2.24, 2.45) is 5.92 Å². The van der Waals surface area contributed by atoms with E-state index < -0.39 is 0 Å². The molecular formula is C21H27N3O2. The van der Waals surface area contributed by atoms with E-state index in [-0.39, 0.29) is 29.3 Å². The van der Waals surface area contributed by atoms with Crippen molar-refractivity contribution < 1.29 is 9.59 Å².